The third-order valence-electron chi connectivity index (χ3n) is 5.79. The Morgan fingerprint density at radius 1 is 1.33 bits per heavy atom. The number of thiophene rings is 1. The van der Waals surface area contributed by atoms with Crippen LogP contribution in [0.2, 0.25) is 0 Å². The van der Waals surface area contributed by atoms with E-state index in [1.54, 1.807) is 20.8 Å². The highest BCUT2D eigenvalue weighted by molar-refractivity contribution is 7.10. The van der Waals surface area contributed by atoms with Gasteiger partial charge in [-0.2, -0.15) is 0 Å². The highest BCUT2D eigenvalue weighted by atomic mass is 32.1. The van der Waals surface area contributed by atoms with E-state index in [2.05, 4.69) is 11.8 Å². The van der Waals surface area contributed by atoms with Gasteiger partial charge in [0, 0.05) is 31.1 Å². The number of benzene rings is 1. The van der Waals surface area contributed by atoms with Gasteiger partial charge < -0.3 is 19.6 Å². The van der Waals surface area contributed by atoms with Gasteiger partial charge in [0.25, 0.3) is 0 Å². The minimum Gasteiger partial charge on any atom is -0.490 e. The Bertz CT molecular complexity index is 1240. The van der Waals surface area contributed by atoms with Crippen LogP contribution < -0.4 is 4.74 Å². The first-order valence-corrected chi connectivity index (χ1v) is 12.1. The maximum absolute atomic E-state index is 13.4. The van der Waals surface area contributed by atoms with E-state index >= 15 is 0 Å². The van der Waals surface area contributed by atoms with Crippen molar-refractivity contribution >= 4 is 34.8 Å². The van der Waals surface area contributed by atoms with Gasteiger partial charge in [-0.25, -0.2) is 4.79 Å². The smallest absolute Gasteiger partial charge is 0.331 e. The standard InChI is InChI=1S/C25H27N3O7S/c1-25(2,3)27(11-6-5-8-17-9-7-13-36-17)23(30)22(29)26-12-10-16-14-20(35-4)19(28(33)34)15-18(16)21(26)24(31)32/h7,9,13-15,21H,6,10-12H2,1-4H3,(H,31,32). The molecule has 190 valence electrons. The van der Waals surface area contributed by atoms with Crippen molar-refractivity contribution in [1.82, 2.24) is 9.80 Å². The molecule has 0 saturated heterocycles. The average Bonchev–Trinajstić information content (AvgIpc) is 3.34. The SMILES string of the molecule is COc1cc2c(cc1[N+](=O)[O-])C(C(=O)O)N(C(=O)C(=O)N(CCC#Cc1cccs1)C(C)(C)C)CC2. The lowest BCUT2D eigenvalue weighted by Gasteiger charge is -2.39. The maximum Gasteiger partial charge on any atom is 0.331 e. The first kappa shape index (κ1) is 26.7. The van der Waals surface area contributed by atoms with Gasteiger partial charge in [0.05, 0.1) is 16.9 Å². The topological polar surface area (TPSA) is 130 Å². The van der Waals surface area contributed by atoms with E-state index in [9.17, 15) is 29.6 Å². The fourth-order valence-corrected chi connectivity index (χ4v) is 4.67. The summed E-state index contributed by atoms with van der Waals surface area (Å²) in [7, 11) is 1.28. The van der Waals surface area contributed by atoms with E-state index in [1.165, 1.54) is 29.4 Å². The van der Waals surface area contributed by atoms with Gasteiger partial charge >= 0.3 is 23.5 Å². The molecule has 0 aliphatic carbocycles. The highest BCUT2D eigenvalue weighted by Gasteiger charge is 2.42. The molecule has 0 fully saturated rings. The van der Waals surface area contributed by atoms with E-state index in [0.717, 1.165) is 15.8 Å². The fourth-order valence-electron chi connectivity index (χ4n) is 4.07. The van der Waals surface area contributed by atoms with Crippen LogP contribution in [-0.4, -0.2) is 63.4 Å². The zero-order valence-electron chi connectivity index (χ0n) is 20.4. The number of nitro groups is 1. The molecule has 1 atom stereocenters. The molecule has 1 aliphatic rings. The Kier molecular flexibility index (Phi) is 8.00. The van der Waals surface area contributed by atoms with Gasteiger partial charge in [0.15, 0.2) is 11.8 Å². The molecule has 1 aromatic heterocycles. The van der Waals surface area contributed by atoms with Gasteiger partial charge in [-0.1, -0.05) is 17.9 Å². The molecule has 1 unspecified atom stereocenters. The maximum atomic E-state index is 13.4. The molecule has 1 aliphatic heterocycles. The lowest BCUT2D eigenvalue weighted by molar-refractivity contribution is -0.385. The van der Waals surface area contributed by atoms with Crippen LogP contribution in [0.3, 0.4) is 0 Å². The van der Waals surface area contributed by atoms with Crippen molar-refractivity contribution < 1.29 is 29.2 Å². The van der Waals surface area contributed by atoms with Crippen LogP contribution in [0.15, 0.2) is 29.6 Å². The number of nitro benzene ring substituents is 1. The summed E-state index contributed by atoms with van der Waals surface area (Å²) in [6, 6.07) is 4.75. The molecular formula is C25H27N3O7S. The number of aliphatic carboxylic acids is 1. The monoisotopic (exact) mass is 513 g/mol. The molecule has 0 saturated carbocycles. The number of methoxy groups -OCH3 is 1. The second kappa shape index (κ2) is 10.8. The molecular weight excluding hydrogens is 486 g/mol. The highest BCUT2D eigenvalue weighted by Crippen LogP contribution is 2.38. The van der Waals surface area contributed by atoms with Crippen LogP contribution in [0.4, 0.5) is 5.69 Å². The zero-order chi connectivity index (χ0) is 26.6. The number of fused-ring (bicyclic) bond motifs is 1. The molecule has 3 rings (SSSR count). The van der Waals surface area contributed by atoms with Gasteiger partial charge in [0.2, 0.25) is 0 Å². The number of carbonyl (C=O) groups is 3. The number of carbonyl (C=O) groups excluding carboxylic acids is 2. The summed E-state index contributed by atoms with van der Waals surface area (Å²) in [5, 5.41) is 23.4. The lowest BCUT2D eigenvalue weighted by Crippen LogP contribution is -2.55. The molecule has 1 aromatic carbocycles. The Labute approximate surface area is 212 Å². The third-order valence-corrected chi connectivity index (χ3v) is 6.58. The van der Waals surface area contributed by atoms with Gasteiger partial charge in [-0.3, -0.25) is 19.7 Å². The fraction of sp³-hybridized carbons (Fsp3) is 0.400. The van der Waals surface area contributed by atoms with Crippen molar-refractivity contribution in [2.45, 2.75) is 45.2 Å². The number of carboxylic acid groups (broad SMARTS) is 1. The molecule has 0 bridgehead atoms. The molecule has 1 N–H and O–H groups in total. The van der Waals surface area contributed by atoms with Crippen molar-refractivity contribution in [3.8, 4) is 17.6 Å². The van der Waals surface area contributed by atoms with Crippen molar-refractivity contribution in [3.05, 3.63) is 55.8 Å². The van der Waals surface area contributed by atoms with E-state index < -0.39 is 40.0 Å². The summed E-state index contributed by atoms with van der Waals surface area (Å²) in [5.41, 5.74) is -0.538. The molecule has 2 aromatic rings. The molecule has 2 heterocycles. The van der Waals surface area contributed by atoms with Crippen molar-refractivity contribution in [2.24, 2.45) is 0 Å². The minimum atomic E-state index is -1.55. The molecule has 2 amide bonds. The number of ether oxygens (including phenoxy) is 1. The predicted octanol–water partition coefficient (Wildman–Crippen LogP) is 3.24. The third kappa shape index (κ3) is 5.66. The second-order valence-electron chi connectivity index (χ2n) is 9.13. The summed E-state index contributed by atoms with van der Waals surface area (Å²) in [4.78, 5) is 53.0. The number of hydrogen-bond acceptors (Lipinski definition) is 7. The predicted molar refractivity (Wildman–Crippen MR) is 133 cm³/mol. The van der Waals surface area contributed by atoms with Crippen molar-refractivity contribution in [2.75, 3.05) is 20.2 Å². The van der Waals surface area contributed by atoms with Gasteiger partial charge in [0.1, 0.15) is 0 Å². The Morgan fingerprint density at radius 2 is 2.06 bits per heavy atom. The van der Waals surface area contributed by atoms with E-state index in [0.29, 0.717) is 12.0 Å². The summed E-state index contributed by atoms with van der Waals surface area (Å²) in [5.74, 6) is 2.80. The summed E-state index contributed by atoms with van der Waals surface area (Å²) in [6.45, 7) is 5.48. The van der Waals surface area contributed by atoms with Crippen molar-refractivity contribution in [3.63, 3.8) is 0 Å². The molecule has 36 heavy (non-hydrogen) atoms. The number of amides is 2. The zero-order valence-corrected chi connectivity index (χ0v) is 21.3. The minimum absolute atomic E-state index is 0.00121. The molecule has 0 spiro atoms. The second-order valence-corrected chi connectivity index (χ2v) is 10.1. The molecule has 10 nitrogen and oxygen atoms in total. The summed E-state index contributed by atoms with van der Waals surface area (Å²) < 4.78 is 5.08. The lowest BCUT2D eigenvalue weighted by atomic mass is 9.91. The first-order chi connectivity index (χ1) is 17.0. The Morgan fingerprint density at radius 3 is 2.61 bits per heavy atom. The van der Waals surface area contributed by atoms with Crippen molar-refractivity contribution in [1.29, 1.82) is 0 Å². The number of rotatable bonds is 5. The van der Waals surface area contributed by atoms with Gasteiger partial charge in [-0.05, 0) is 55.8 Å². The Hall–Kier alpha value is -3.91. The van der Waals surface area contributed by atoms with Crippen LogP contribution in [0.25, 0.3) is 0 Å². The van der Waals surface area contributed by atoms with Crippen LogP contribution in [0.5, 0.6) is 5.75 Å². The van der Waals surface area contributed by atoms with Gasteiger partial charge in [-0.15, -0.1) is 11.3 Å². The molecule has 0 radical (unpaired) electrons. The molecule has 11 heteroatoms. The number of nitrogens with zero attached hydrogens (tertiary/aromatic N) is 3. The normalized spacial score (nSPS) is 14.8. The average molecular weight is 514 g/mol. The first-order valence-electron chi connectivity index (χ1n) is 11.2. The number of hydrogen-bond donors (Lipinski definition) is 1. The van der Waals surface area contributed by atoms with Crippen LogP contribution >= 0.6 is 11.3 Å². The quantitative estimate of drug-likeness (QED) is 0.281. The van der Waals surface area contributed by atoms with Crippen LogP contribution in [0, 0.1) is 22.0 Å². The Balaban J connectivity index is 1.89. The van der Waals surface area contributed by atoms with E-state index in [1.807, 2.05) is 17.5 Å². The number of carboxylic acids is 1. The van der Waals surface area contributed by atoms with E-state index in [4.69, 9.17) is 4.74 Å². The summed E-state index contributed by atoms with van der Waals surface area (Å²) >= 11 is 1.50. The largest absolute Gasteiger partial charge is 0.490 e. The summed E-state index contributed by atoms with van der Waals surface area (Å²) in [6.07, 6.45) is 0.541. The van der Waals surface area contributed by atoms with Crippen LogP contribution in [-0.2, 0) is 20.8 Å². The van der Waals surface area contributed by atoms with Crippen LogP contribution in [0.1, 0.15) is 49.2 Å². The van der Waals surface area contributed by atoms with E-state index in [-0.39, 0.29) is 30.8 Å².